The van der Waals surface area contributed by atoms with Gasteiger partial charge in [-0.1, -0.05) is 18.4 Å². The summed E-state index contributed by atoms with van der Waals surface area (Å²) in [6.07, 6.45) is -0.636. The fourth-order valence-electron chi connectivity index (χ4n) is 3.65. The molecule has 12 nitrogen and oxygen atoms in total. The van der Waals surface area contributed by atoms with Crippen molar-refractivity contribution in [1.29, 1.82) is 0 Å². The standard InChI is InChI=1S/C27H40N4O8/c1-16-29-24(28)17(14-31(16)22-13-19(33)20(15-32)37-22)10-8-9-11-21(34)30-18(25(36)39-27(5,6)7)12-23(35)38-26(2,3)4/h14,18-20,22,32-33H,1,9,11-13,15H2,2-7H3,(H2,28,29)(H,30,34)/t18?,19-,20-,22-/m1/s1. The van der Waals surface area contributed by atoms with E-state index < -0.39 is 53.5 Å². The van der Waals surface area contributed by atoms with Gasteiger partial charge >= 0.3 is 11.9 Å². The fourth-order valence-corrected chi connectivity index (χ4v) is 3.65. The number of nitrogens with one attached hydrogen (secondary N) is 1. The number of carbonyl (C=O) groups is 3. The maximum atomic E-state index is 12.6. The SMILES string of the molecule is C=C1N=C(N)C(C#CCCC(=O)NC(CC(=O)OC(C)(C)C)C(=O)OC(C)(C)C)=CN1[C@H]1C[C@@H](O)[C@@H](CO)O1. The first-order chi connectivity index (χ1) is 18.0. The molecule has 2 heterocycles. The molecular weight excluding hydrogens is 508 g/mol. The number of nitrogens with two attached hydrogens (primary N) is 1. The highest BCUT2D eigenvalue weighted by Gasteiger charge is 2.38. The van der Waals surface area contributed by atoms with Gasteiger partial charge in [-0.25, -0.2) is 9.79 Å². The quantitative estimate of drug-likeness (QED) is 0.251. The van der Waals surface area contributed by atoms with Gasteiger partial charge in [-0.3, -0.25) is 9.59 Å². The molecular formula is C27H40N4O8. The first kappa shape index (κ1) is 31.8. The van der Waals surface area contributed by atoms with Crippen LogP contribution >= 0.6 is 0 Å². The molecule has 216 valence electrons. The Morgan fingerprint density at radius 1 is 1.26 bits per heavy atom. The second-order valence-corrected chi connectivity index (χ2v) is 11.2. The molecule has 0 aliphatic carbocycles. The highest BCUT2D eigenvalue weighted by atomic mass is 16.6. The number of amides is 1. The molecule has 0 aromatic carbocycles. The van der Waals surface area contributed by atoms with E-state index in [1.165, 1.54) is 0 Å². The Kier molecular flexibility index (Phi) is 10.7. The van der Waals surface area contributed by atoms with Crippen molar-refractivity contribution in [3.05, 3.63) is 24.2 Å². The topological polar surface area (TPSA) is 173 Å². The number of carbonyl (C=O) groups excluding carboxylic acids is 3. The number of amidine groups is 1. The number of esters is 2. The minimum Gasteiger partial charge on any atom is -0.460 e. The molecule has 4 atom stereocenters. The normalized spacial score (nSPS) is 22.2. The number of hydrogen-bond donors (Lipinski definition) is 4. The zero-order valence-corrected chi connectivity index (χ0v) is 23.4. The molecule has 2 aliphatic rings. The number of hydrogen-bond acceptors (Lipinski definition) is 11. The van der Waals surface area contributed by atoms with E-state index in [4.69, 9.17) is 19.9 Å². The Labute approximate surface area is 229 Å². The van der Waals surface area contributed by atoms with Crippen molar-refractivity contribution in [3.63, 3.8) is 0 Å². The summed E-state index contributed by atoms with van der Waals surface area (Å²) in [4.78, 5) is 43.3. The minimum atomic E-state index is -1.22. The van der Waals surface area contributed by atoms with Crippen LogP contribution < -0.4 is 11.1 Å². The van der Waals surface area contributed by atoms with Crippen LogP contribution in [-0.4, -0.2) is 81.1 Å². The predicted molar refractivity (Wildman–Crippen MR) is 142 cm³/mol. The Morgan fingerprint density at radius 2 is 1.90 bits per heavy atom. The highest BCUT2D eigenvalue weighted by molar-refractivity contribution is 6.02. The molecule has 2 aliphatic heterocycles. The van der Waals surface area contributed by atoms with Crippen LogP contribution in [0, 0.1) is 11.8 Å². The van der Waals surface area contributed by atoms with Crippen LogP contribution in [0.4, 0.5) is 0 Å². The third-order valence-electron chi connectivity index (χ3n) is 5.30. The molecule has 1 unspecified atom stereocenters. The molecule has 0 aromatic rings. The van der Waals surface area contributed by atoms with Gasteiger partial charge in [-0.05, 0) is 41.5 Å². The van der Waals surface area contributed by atoms with Crippen LogP contribution in [0.2, 0.25) is 0 Å². The fraction of sp³-hybridized carbons (Fsp3) is 0.630. The van der Waals surface area contributed by atoms with Crippen LogP contribution in [0.1, 0.15) is 67.2 Å². The molecule has 12 heteroatoms. The highest BCUT2D eigenvalue weighted by Crippen LogP contribution is 2.28. The van der Waals surface area contributed by atoms with Crippen molar-refractivity contribution in [1.82, 2.24) is 10.2 Å². The van der Waals surface area contributed by atoms with E-state index in [-0.39, 0.29) is 38.1 Å². The van der Waals surface area contributed by atoms with Gasteiger partial charge in [-0.2, -0.15) is 0 Å². The third kappa shape index (κ3) is 10.4. The first-order valence-electron chi connectivity index (χ1n) is 12.7. The molecule has 1 saturated heterocycles. The van der Waals surface area contributed by atoms with Crippen LogP contribution in [0.15, 0.2) is 29.2 Å². The summed E-state index contributed by atoms with van der Waals surface area (Å²) in [5.41, 5.74) is 4.78. The number of ether oxygens (including phenoxy) is 3. The van der Waals surface area contributed by atoms with Crippen LogP contribution in [-0.2, 0) is 28.6 Å². The largest absolute Gasteiger partial charge is 0.460 e. The summed E-state index contributed by atoms with van der Waals surface area (Å²) >= 11 is 0. The molecule has 1 amide bonds. The molecule has 2 rings (SSSR count). The Bertz CT molecular complexity index is 1070. The number of aliphatic hydroxyl groups is 2. The maximum absolute atomic E-state index is 12.6. The van der Waals surface area contributed by atoms with Crippen molar-refractivity contribution >= 4 is 23.7 Å². The van der Waals surface area contributed by atoms with Crippen molar-refractivity contribution < 1.29 is 38.8 Å². The third-order valence-corrected chi connectivity index (χ3v) is 5.30. The lowest BCUT2D eigenvalue weighted by atomic mass is 10.1. The summed E-state index contributed by atoms with van der Waals surface area (Å²) in [5, 5.41) is 21.9. The van der Waals surface area contributed by atoms with Gasteiger partial charge in [0, 0.05) is 25.5 Å². The predicted octanol–water partition coefficient (Wildman–Crippen LogP) is 0.824. The maximum Gasteiger partial charge on any atom is 0.329 e. The van der Waals surface area contributed by atoms with E-state index in [0.29, 0.717) is 11.4 Å². The van der Waals surface area contributed by atoms with Crippen LogP contribution in [0.25, 0.3) is 0 Å². The molecule has 0 spiro atoms. The number of nitrogens with zero attached hydrogens (tertiary/aromatic N) is 2. The van der Waals surface area contributed by atoms with Gasteiger partial charge in [0.05, 0.1) is 24.7 Å². The first-order valence-corrected chi connectivity index (χ1v) is 12.7. The lowest BCUT2D eigenvalue weighted by molar-refractivity contribution is -0.165. The van der Waals surface area contributed by atoms with Crippen LogP contribution in [0.5, 0.6) is 0 Å². The summed E-state index contributed by atoms with van der Waals surface area (Å²) < 4.78 is 16.3. The lowest BCUT2D eigenvalue weighted by Crippen LogP contribution is -2.46. The second kappa shape index (κ2) is 13.1. The van der Waals surface area contributed by atoms with E-state index in [0.717, 1.165) is 0 Å². The summed E-state index contributed by atoms with van der Waals surface area (Å²) in [6, 6.07) is -1.22. The average molecular weight is 549 g/mol. The molecule has 0 bridgehead atoms. The summed E-state index contributed by atoms with van der Waals surface area (Å²) in [7, 11) is 0. The molecule has 0 saturated carbocycles. The monoisotopic (exact) mass is 548 g/mol. The molecule has 39 heavy (non-hydrogen) atoms. The van der Waals surface area contributed by atoms with Crippen molar-refractivity contribution in [2.45, 2.75) is 103 Å². The van der Waals surface area contributed by atoms with Gasteiger partial charge in [0.2, 0.25) is 5.91 Å². The Balaban J connectivity index is 2.02. The van der Waals surface area contributed by atoms with Crippen LogP contribution in [0.3, 0.4) is 0 Å². The zero-order chi connectivity index (χ0) is 29.5. The van der Waals surface area contributed by atoms with Gasteiger partial charge in [0.25, 0.3) is 0 Å². The average Bonchev–Trinajstić information content (AvgIpc) is 3.15. The smallest absolute Gasteiger partial charge is 0.329 e. The van der Waals surface area contributed by atoms with E-state index in [1.807, 2.05) is 0 Å². The van der Waals surface area contributed by atoms with Crippen molar-refractivity contribution in [2.75, 3.05) is 6.61 Å². The summed E-state index contributed by atoms with van der Waals surface area (Å²) in [5.74, 6) is 4.25. The molecule has 0 aromatic heterocycles. The van der Waals surface area contributed by atoms with E-state index in [9.17, 15) is 24.6 Å². The van der Waals surface area contributed by atoms with E-state index in [2.05, 4.69) is 28.7 Å². The van der Waals surface area contributed by atoms with Crippen molar-refractivity contribution in [2.24, 2.45) is 10.7 Å². The van der Waals surface area contributed by atoms with E-state index >= 15 is 0 Å². The molecule has 1 fully saturated rings. The summed E-state index contributed by atoms with van der Waals surface area (Å²) in [6.45, 7) is 13.7. The van der Waals surface area contributed by atoms with E-state index in [1.54, 1.807) is 52.6 Å². The number of aliphatic imine (C=N–C) groups is 1. The Hall–Kier alpha value is -3.40. The number of aliphatic hydroxyl groups excluding tert-OH is 2. The second-order valence-electron chi connectivity index (χ2n) is 11.2. The molecule has 5 N–H and O–H groups in total. The van der Waals surface area contributed by atoms with Gasteiger partial charge in [0.1, 0.15) is 41.2 Å². The van der Waals surface area contributed by atoms with Crippen molar-refractivity contribution in [3.8, 4) is 11.8 Å². The van der Waals surface area contributed by atoms with Gasteiger partial charge in [-0.15, -0.1) is 0 Å². The van der Waals surface area contributed by atoms with Gasteiger partial charge < -0.3 is 40.4 Å². The number of rotatable bonds is 8. The van der Waals surface area contributed by atoms with Gasteiger partial charge in [0.15, 0.2) is 0 Å². The lowest BCUT2D eigenvalue weighted by Gasteiger charge is -2.29. The molecule has 0 radical (unpaired) electrons. The Morgan fingerprint density at radius 3 is 2.46 bits per heavy atom. The minimum absolute atomic E-state index is 0.0581. The zero-order valence-electron chi connectivity index (χ0n) is 23.4.